The van der Waals surface area contributed by atoms with Crippen molar-refractivity contribution in [2.45, 2.75) is 63.6 Å². The lowest BCUT2D eigenvalue weighted by Gasteiger charge is -2.31. The van der Waals surface area contributed by atoms with Crippen molar-refractivity contribution in [2.75, 3.05) is 19.8 Å². The SMILES string of the molecule is CC(NC1CCCC1C1CCCN1)C1CCOC1. The van der Waals surface area contributed by atoms with Gasteiger partial charge in [-0.2, -0.15) is 0 Å². The molecule has 3 fully saturated rings. The molecule has 0 spiro atoms. The topological polar surface area (TPSA) is 33.3 Å². The van der Waals surface area contributed by atoms with Crippen LogP contribution in [0.1, 0.15) is 45.4 Å². The van der Waals surface area contributed by atoms with E-state index in [4.69, 9.17) is 4.74 Å². The Hall–Kier alpha value is -0.120. The summed E-state index contributed by atoms with van der Waals surface area (Å²) in [5.41, 5.74) is 0. The molecule has 2 aliphatic heterocycles. The van der Waals surface area contributed by atoms with Crippen LogP contribution in [0.4, 0.5) is 0 Å². The van der Waals surface area contributed by atoms with E-state index in [-0.39, 0.29) is 0 Å². The summed E-state index contributed by atoms with van der Waals surface area (Å²) in [4.78, 5) is 0. The number of rotatable bonds is 4. The number of hydrogen-bond donors (Lipinski definition) is 2. The van der Waals surface area contributed by atoms with Crippen molar-refractivity contribution in [3.63, 3.8) is 0 Å². The molecule has 0 aromatic carbocycles. The largest absolute Gasteiger partial charge is 0.381 e. The van der Waals surface area contributed by atoms with Gasteiger partial charge in [-0.25, -0.2) is 0 Å². The Morgan fingerprint density at radius 1 is 1.17 bits per heavy atom. The first-order chi connectivity index (χ1) is 8.84. The fourth-order valence-electron chi connectivity index (χ4n) is 4.18. The molecule has 3 heteroatoms. The molecule has 2 heterocycles. The van der Waals surface area contributed by atoms with Crippen molar-refractivity contribution in [1.29, 1.82) is 0 Å². The molecule has 0 radical (unpaired) electrons. The quantitative estimate of drug-likeness (QED) is 0.802. The third kappa shape index (κ3) is 2.73. The van der Waals surface area contributed by atoms with E-state index in [1.54, 1.807) is 0 Å². The van der Waals surface area contributed by atoms with Gasteiger partial charge in [0.1, 0.15) is 0 Å². The summed E-state index contributed by atoms with van der Waals surface area (Å²) in [5, 5.41) is 7.63. The molecule has 3 rings (SSSR count). The molecule has 5 atom stereocenters. The predicted molar refractivity (Wildman–Crippen MR) is 73.7 cm³/mol. The van der Waals surface area contributed by atoms with Crippen LogP contribution in [-0.4, -0.2) is 37.9 Å². The van der Waals surface area contributed by atoms with E-state index in [2.05, 4.69) is 17.6 Å². The number of hydrogen-bond acceptors (Lipinski definition) is 3. The maximum absolute atomic E-state index is 5.52. The van der Waals surface area contributed by atoms with Gasteiger partial charge < -0.3 is 15.4 Å². The lowest BCUT2D eigenvalue weighted by molar-refractivity contribution is 0.173. The van der Waals surface area contributed by atoms with Crippen molar-refractivity contribution < 1.29 is 4.74 Å². The van der Waals surface area contributed by atoms with Crippen LogP contribution in [0, 0.1) is 11.8 Å². The molecule has 2 N–H and O–H groups in total. The molecule has 2 saturated heterocycles. The van der Waals surface area contributed by atoms with Crippen LogP contribution in [0.5, 0.6) is 0 Å². The average molecular weight is 252 g/mol. The van der Waals surface area contributed by atoms with Crippen LogP contribution >= 0.6 is 0 Å². The zero-order valence-corrected chi connectivity index (χ0v) is 11.7. The molecule has 5 unspecified atom stereocenters. The van der Waals surface area contributed by atoms with Crippen molar-refractivity contribution in [3.8, 4) is 0 Å². The van der Waals surface area contributed by atoms with Crippen LogP contribution in [0.15, 0.2) is 0 Å². The van der Waals surface area contributed by atoms with Gasteiger partial charge in [0.2, 0.25) is 0 Å². The Labute approximate surface area is 111 Å². The smallest absolute Gasteiger partial charge is 0.0509 e. The van der Waals surface area contributed by atoms with Crippen molar-refractivity contribution >= 4 is 0 Å². The van der Waals surface area contributed by atoms with E-state index in [9.17, 15) is 0 Å². The minimum Gasteiger partial charge on any atom is -0.381 e. The molecule has 104 valence electrons. The van der Waals surface area contributed by atoms with Crippen LogP contribution in [0.3, 0.4) is 0 Å². The highest BCUT2D eigenvalue weighted by Gasteiger charge is 2.36. The second-order valence-corrected chi connectivity index (χ2v) is 6.48. The monoisotopic (exact) mass is 252 g/mol. The van der Waals surface area contributed by atoms with Gasteiger partial charge in [-0.15, -0.1) is 0 Å². The first-order valence-corrected chi connectivity index (χ1v) is 7.92. The zero-order chi connectivity index (χ0) is 12.4. The van der Waals surface area contributed by atoms with Gasteiger partial charge in [-0.05, 0) is 57.4 Å². The summed E-state index contributed by atoms with van der Waals surface area (Å²) in [6, 6.07) is 2.16. The standard InChI is InChI=1S/C15H28N2O/c1-11(12-7-9-18-10-12)17-15-5-2-4-13(15)14-6-3-8-16-14/h11-17H,2-10H2,1H3. The number of ether oxygens (including phenoxy) is 1. The molecule has 18 heavy (non-hydrogen) atoms. The van der Waals surface area contributed by atoms with Gasteiger partial charge >= 0.3 is 0 Å². The molecule has 1 saturated carbocycles. The van der Waals surface area contributed by atoms with Crippen molar-refractivity contribution in [1.82, 2.24) is 10.6 Å². The number of nitrogens with one attached hydrogen (secondary N) is 2. The molecular weight excluding hydrogens is 224 g/mol. The van der Waals surface area contributed by atoms with E-state index < -0.39 is 0 Å². The predicted octanol–water partition coefficient (Wildman–Crippen LogP) is 1.92. The first kappa shape index (κ1) is 12.9. The lowest BCUT2D eigenvalue weighted by Crippen LogP contribution is -2.47. The lowest BCUT2D eigenvalue weighted by atomic mass is 9.91. The summed E-state index contributed by atoms with van der Waals surface area (Å²) in [7, 11) is 0. The van der Waals surface area contributed by atoms with Gasteiger partial charge in [-0.1, -0.05) is 6.42 Å². The van der Waals surface area contributed by atoms with Crippen molar-refractivity contribution in [2.24, 2.45) is 11.8 Å². The first-order valence-electron chi connectivity index (χ1n) is 7.92. The van der Waals surface area contributed by atoms with Crippen molar-refractivity contribution in [3.05, 3.63) is 0 Å². The van der Waals surface area contributed by atoms with Gasteiger partial charge in [0.15, 0.2) is 0 Å². The highest BCUT2D eigenvalue weighted by molar-refractivity contribution is 4.94. The molecule has 3 nitrogen and oxygen atoms in total. The van der Waals surface area contributed by atoms with E-state index in [1.165, 1.54) is 45.1 Å². The zero-order valence-electron chi connectivity index (χ0n) is 11.7. The summed E-state index contributed by atoms with van der Waals surface area (Å²) in [6.07, 6.45) is 8.22. The minimum atomic E-state index is 0.625. The van der Waals surface area contributed by atoms with E-state index in [1.807, 2.05) is 0 Å². The normalized spacial score (nSPS) is 42.5. The van der Waals surface area contributed by atoms with Gasteiger partial charge in [0, 0.05) is 24.7 Å². The third-order valence-electron chi connectivity index (χ3n) is 5.33. The summed E-state index contributed by atoms with van der Waals surface area (Å²) in [6.45, 7) is 5.53. The Bertz CT molecular complexity index is 259. The highest BCUT2D eigenvalue weighted by atomic mass is 16.5. The van der Waals surface area contributed by atoms with E-state index >= 15 is 0 Å². The minimum absolute atomic E-state index is 0.625. The fraction of sp³-hybridized carbons (Fsp3) is 1.00. The molecule has 0 aromatic rings. The van der Waals surface area contributed by atoms with Gasteiger partial charge in [0.05, 0.1) is 6.61 Å². The Morgan fingerprint density at radius 3 is 2.83 bits per heavy atom. The van der Waals surface area contributed by atoms with E-state index in [0.29, 0.717) is 6.04 Å². The summed E-state index contributed by atoms with van der Waals surface area (Å²) < 4.78 is 5.52. The summed E-state index contributed by atoms with van der Waals surface area (Å²) >= 11 is 0. The third-order valence-corrected chi connectivity index (χ3v) is 5.33. The van der Waals surface area contributed by atoms with Crippen LogP contribution in [-0.2, 0) is 4.74 Å². The average Bonchev–Trinajstić information content (AvgIpc) is 3.11. The fourth-order valence-corrected chi connectivity index (χ4v) is 4.18. The second kappa shape index (κ2) is 5.89. The van der Waals surface area contributed by atoms with Crippen LogP contribution in [0.25, 0.3) is 0 Å². The molecular formula is C15H28N2O. The van der Waals surface area contributed by atoms with Crippen LogP contribution < -0.4 is 10.6 Å². The van der Waals surface area contributed by atoms with Crippen LogP contribution in [0.2, 0.25) is 0 Å². The molecule has 3 aliphatic rings. The maximum atomic E-state index is 5.52. The Morgan fingerprint density at radius 2 is 2.11 bits per heavy atom. The maximum Gasteiger partial charge on any atom is 0.0509 e. The molecule has 1 aliphatic carbocycles. The van der Waals surface area contributed by atoms with Gasteiger partial charge in [-0.3, -0.25) is 0 Å². The Kier molecular flexibility index (Phi) is 4.22. The highest BCUT2D eigenvalue weighted by Crippen LogP contribution is 2.33. The molecule has 0 amide bonds. The second-order valence-electron chi connectivity index (χ2n) is 6.48. The van der Waals surface area contributed by atoms with Gasteiger partial charge in [0.25, 0.3) is 0 Å². The molecule has 0 bridgehead atoms. The summed E-state index contributed by atoms with van der Waals surface area (Å²) in [5.74, 6) is 1.61. The molecule has 0 aromatic heterocycles. The van der Waals surface area contributed by atoms with E-state index in [0.717, 1.165) is 37.1 Å². The Balaban J connectivity index is 1.53.